The van der Waals surface area contributed by atoms with Crippen LogP contribution in [0.4, 0.5) is 5.69 Å². The van der Waals surface area contributed by atoms with E-state index in [2.05, 4.69) is 5.32 Å². The van der Waals surface area contributed by atoms with E-state index >= 15 is 0 Å². The third kappa shape index (κ3) is 4.93. The number of carbonyl (C=O) groups is 2. The van der Waals surface area contributed by atoms with Crippen molar-refractivity contribution in [2.45, 2.75) is 13.3 Å². The lowest BCUT2D eigenvalue weighted by Gasteiger charge is -2.11. The molecule has 33 heavy (non-hydrogen) atoms. The van der Waals surface area contributed by atoms with Crippen molar-refractivity contribution in [3.63, 3.8) is 0 Å². The summed E-state index contributed by atoms with van der Waals surface area (Å²) < 4.78 is 11.1. The number of ether oxygens (including phenoxy) is 1. The van der Waals surface area contributed by atoms with Crippen molar-refractivity contribution in [3.8, 4) is 5.75 Å². The topological polar surface area (TPSA) is 112 Å². The number of aryl methyl sites for hydroxylation is 1. The molecule has 166 valence electrons. The zero-order chi connectivity index (χ0) is 23.4. The molecule has 4 rings (SSSR count). The number of hydrogen-bond acceptors (Lipinski definition) is 5. The first-order valence-corrected chi connectivity index (χ1v) is 10.3. The van der Waals surface area contributed by atoms with Crippen LogP contribution in [-0.4, -0.2) is 18.4 Å². The van der Waals surface area contributed by atoms with Gasteiger partial charge in [-0.1, -0.05) is 42.5 Å². The zero-order valence-corrected chi connectivity index (χ0v) is 18.0. The molecule has 0 saturated carbocycles. The lowest BCUT2D eigenvalue weighted by atomic mass is 10.00. The molecule has 0 aliphatic rings. The first-order chi connectivity index (χ1) is 15.9. The fourth-order valence-corrected chi connectivity index (χ4v) is 3.61. The number of carbonyl (C=O) groups excluding carboxylic acids is 2. The summed E-state index contributed by atoms with van der Waals surface area (Å²) in [6.07, 6.45) is 0.482. The summed E-state index contributed by atoms with van der Waals surface area (Å²) >= 11 is 0. The molecule has 1 heterocycles. The Morgan fingerprint density at radius 2 is 1.73 bits per heavy atom. The highest BCUT2D eigenvalue weighted by Gasteiger charge is 2.14. The molecule has 3 N–H and O–H groups in total. The number of nitrogens with one attached hydrogen (secondary N) is 1. The maximum absolute atomic E-state index is 12.6. The van der Waals surface area contributed by atoms with Gasteiger partial charge in [0.1, 0.15) is 11.3 Å². The largest absolute Gasteiger partial charge is 0.484 e. The molecule has 7 nitrogen and oxygen atoms in total. The Morgan fingerprint density at radius 3 is 2.48 bits per heavy atom. The summed E-state index contributed by atoms with van der Waals surface area (Å²) in [7, 11) is 0. The first kappa shape index (κ1) is 21.8. The molecule has 1 aromatic heterocycles. The predicted molar refractivity (Wildman–Crippen MR) is 126 cm³/mol. The summed E-state index contributed by atoms with van der Waals surface area (Å²) in [5.41, 5.74) is 8.30. The van der Waals surface area contributed by atoms with Crippen LogP contribution in [0.3, 0.4) is 0 Å². The molecule has 0 unspecified atom stereocenters. The van der Waals surface area contributed by atoms with Gasteiger partial charge in [0.25, 0.3) is 11.8 Å². The van der Waals surface area contributed by atoms with Crippen LogP contribution in [0, 0.1) is 6.92 Å². The van der Waals surface area contributed by atoms with Crippen LogP contribution in [0.15, 0.2) is 82.0 Å². The fourth-order valence-electron chi connectivity index (χ4n) is 3.61. The molecule has 0 bridgehead atoms. The van der Waals surface area contributed by atoms with Crippen molar-refractivity contribution < 1.29 is 18.7 Å². The average Bonchev–Trinajstić information content (AvgIpc) is 2.81. The smallest absolute Gasteiger partial charge is 0.340 e. The summed E-state index contributed by atoms with van der Waals surface area (Å²) in [6, 6.07) is 21.3. The van der Waals surface area contributed by atoms with Crippen molar-refractivity contribution >= 4 is 28.5 Å². The van der Waals surface area contributed by atoms with Gasteiger partial charge in [-0.2, -0.15) is 0 Å². The number of fused-ring (bicyclic) bond motifs is 1. The summed E-state index contributed by atoms with van der Waals surface area (Å²) in [5.74, 6) is -0.725. The van der Waals surface area contributed by atoms with Crippen molar-refractivity contribution in [2.75, 3.05) is 11.9 Å². The number of nitrogens with two attached hydrogens (primary N) is 1. The molecule has 3 aromatic carbocycles. The van der Waals surface area contributed by atoms with E-state index in [9.17, 15) is 14.4 Å². The molecule has 0 fully saturated rings. The Balaban J connectivity index is 1.49. The van der Waals surface area contributed by atoms with Crippen molar-refractivity contribution in [2.24, 2.45) is 5.73 Å². The fraction of sp³-hybridized carbons (Fsp3) is 0.115. The SMILES string of the molecule is Cc1c(Cc2ccccc2)c(=O)oc2cc(OCC(=O)Nc3ccccc3C(N)=O)ccc12. The molecule has 0 saturated heterocycles. The Hall–Kier alpha value is -4.39. The van der Waals surface area contributed by atoms with Crippen molar-refractivity contribution in [1.82, 2.24) is 0 Å². The minimum Gasteiger partial charge on any atom is -0.484 e. The molecule has 0 spiro atoms. The van der Waals surface area contributed by atoms with Gasteiger partial charge in [0.2, 0.25) is 0 Å². The lowest BCUT2D eigenvalue weighted by Crippen LogP contribution is -2.22. The van der Waals surface area contributed by atoms with Crippen LogP contribution >= 0.6 is 0 Å². The van der Waals surface area contributed by atoms with Crippen molar-refractivity contribution in [3.05, 3.63) is 105 Å². The van der Waals surface area contributed by atoms with Crippen LogP contribution < -0.4 is 21.4 Å². The molecule has 0 aliphatic heterocycles. The van der Waals surface area contributed by atoms with Crippen LogP contribution in [0.25, 0.3) is 11.0 Å². The average molecular weight is 442 g/mol. The molecule has 4 aromatic rings. The summed E-state index contributed by atoms with van der Waals surface area (Å²) in [6.45, 7) is 1.59. The van der Waals surface area contributed by atoms with Gasteiger partial charge in [0, 0.05) is 23.4 Å². The number of amides is 2. The number of anilines is 1. The first-order valence-electron chi connectivity index (χ1n) is 10.3. The Bertz CT molecular complexity index is 1390. The molecule has 7 heteroatoms. The van der Waals surface area contributed by atoms with Crippen molar-refractivity contribution in [1.29, 1.82) is 0 Å². The van der Waals surface area contributed by atoms with Gasteiger partial charge in [0.15, 0.2) is 6.61 Å². The van der Waals surface area contributed by atoms with Gasteiger partial charge in [-0.05, 0) is 42.3 Å². The van der Waals surface area contributed by atoms with Gasteiger partial charge in [0.05, 0.1) is 11.3 Å². The minimum absolute atomic E-state index is 0.208. The predicted octanol–water partition coefficient (Wildman–Crippen LogP) is 3.81. The number of primary amides is 1. The van der Waals surface area contributed by atoms with Gasteiger partial charge in [-0.15, -0.1) is 0 Å². The third-order valence-electron chi connectivity index (χ3n) is 5.32. The number of rotatable bonds is 7. The van der Waals surface area contributed by atoms with E-state index in [1.807, 2.05) is 37.3 Å². The molecule has 0 aliphatic carbocycles. The standard InChI is InChI=1S/C26H22N2O5/c1-16-19-12-11-18(32-15-24(29)28-22-10-6-5-9-20(22)25(27)30)14-23(19)33-26(31)21(16)13-17-7-3-2-4-8-17/h2-12,14H,13,15H2,1H3,(H2,27,30)(H,28,29). The molecule has 0 atom stereocenters. The maximum atomic E-state index is 12.6. The van der Waals surface area contributed by atoms with Gasteiger partial charge >= 0.3 is 5.63 Å². The van der Waals surface area contributed by atoms with E-state index in [-0.39, 0.29) is 12.2 Å². The van der Waals surface area contributed by atoms with E-state index in [1.54, 1.807) is 36.4 Å². The number of benzene rings is 3. The molecule has 0 radical (unpaired) electrons. The summed E-state index contributed by atoms with van der Waals surface area (Å²) in [5, 5.41) is 3.41. The highest BCUT2D eigenvalue weighted by atomic mass is 16.5. The van der Waals surface area contributed by atoms with Crippen LogP contribution in [0.2, 0.25) is 0 Å². The number of hydrogen-bond donors (Lipinski definition) is 2. The highest BCUT2D eigenvalue weighted by Crippen LogP contribution is 2.25. The molecule has 2 amide bonds. The Kier molecular flexibility index (Phi) is 6.22. The zero-order valence-electron chi connectivity index (χ0n) is 18.0. The van der Waals surface area contributed by atoms with Gasteiger partial charge in [-0.25, -0.2) is 4.79 Å². The Morgan fingerprint density at radius 1 is 1.00 bits per heavy atom. The van der Waals surface area contributed by atoms with Gasteiger partial charge in [-0.3, -0.25) is 9.59 Å². The second-order valence-electron chi connectivity index (χ2n) is 7.56. The van der Waals surface area contributed by atoms with E-state index in [4.69, 9.17) is 14.9 Å². The van der Waals surface area contributed by atoms with E-state index in [0.29, 0.717) is 29.0 Å². The number of para-hydroxylation sites is 1. The molecular formula is C26H22N2O5. The normalized spacial score (nSPS) is 10.7. The minimum atomic E-state index is -0.640. The quantitative estimate of drug-likeness (QED) is 0.423. The monoisotopic (exact) mass is 442 g/mol. The summed E-state index contributed by atoms with van der Waals surface area (Å²) in [4.78, 5) is 36.4. The Labute approximate surface area is 189 Å². The van der Waals surface area contributed by atoms with Crippen LogP contribution in [0.1, 0.15) is 27.0 Å². The van der Waals surface area contributed by atoms with Gasteiger partial charge < -0.3 is 20.2 Å². The van der Waals surface area contributed by atoms with E-state index < -0.39 is 17.4 Å². The van der Waals surface area contributed by atoms with E-state index in [1.165, 1.54) is 6.07 Å². The van der Waals surface area contributed by atoms with Crippen LogP contribution in [0.5, 0.6) is 5.75 Å². The highest BCUT2D eigenvalue weighted by molar-refractivity contribution is 6.03. The third-order valence-corrected chi connectivity index (χ3v) is 5.32. The lowest BCUT2D eigenvalue weighted by molar-refractivity contribution is -0.118. The van der Waals surface area contributed by atoms with Crippen LogP contribution in [-0.2, 0) is 11.2 Å². The maximum Gasteiger partial charge on any atom is 0.340 e. The second kappa shape index (κ2) is 9.40. The van der Waals surface area contributed by atoms with E-state index in [0.717, 1.165) is 16.5 Å². The molecular weight excluding hydrogens is 420 g/mol. The second-order valence-corrected chi connectivity index (χ2v) is 7.56.